The molecule has 0 aliphatic carbocycles. The fourth-order valence-corrected chi connectivity index (χ4v) is 2.19. The number of ether oxygens (including phenoxy) is 1. The van der Waals surface area contributed by atoms with Gasteiger partial charge >= 0.3 is 6.09 Å². The maximum absolute atomic E-state index is 12.2. The van der Waals surface area contributed by atoms with E-state index in [1.54, 1.807) is 18.1 Å². The summed E-state index contributed by atoms with van der Waals surface area (Å²) >= 11 is 0. The first-order chi connectivity index (χ1) is 9.92. The monoisotopic (exact) mass is 310 g/mol. The van der Waals surface area contributed by atoms with Gasteiger partial charge in [-0.3, -0.25) is 4.90 Å². The Morgan fingerprint density at radius 3 is 2.32 bits per heavy atom. The molecular formula is C16H30N4O2. The highest BCUT2D eigenvalue weighted by molar-refractivity contribution is 5.68. The van der Waals surface area contributed by atoms with Gasteiger partial charge in [0.1, 0.15) is 11.4 Å². The third-order valence-electron chi connectivity index (χ3n) is 3.56. The fraction of sp³-hybridized carbons (Fsp3) is 0.750. The maximum atomic E-state index is 12.2. The van der Waals surface area contributed by atoms with E-state index in [-0.39, 0.29) is 11.6 Å². The Bertz CT molecular complexity index is 502. The van der Waals surface area contributed by atoms with E-state index in [0.29, 0.717) is 0 Å². The molecule has 0 atom stereocenters. The third kappa shape index (κ3) is 5.33. The van der Waals surface area contributed by atoms with Gasteiger partial charge in [0.2, 0.25) is 0 Å². The van der Waals surface area contributed by atoms with Crippen molar-refractivity contribution in [2.75, 3.05) is 20.6 Å². The number of hydrogen-bond donors (Lipinski definition) is 0. The normalized spacial score (nSPS) is 12.6. The summed E-state index contributed by atoms with van der Waals surface area (Å²) in [4.78, 5) is 20.4. The fourth-order valence-electron chi connectivity index (χ4n) is 2.19. The molecule has 0 unspecified atom stereocenters. The Labute approximate surface area is 134 Å². The van der Waals surface area contributed by atoms with Crippen LogP contribution in [0.5, 0.6) is 0 Å². The average Bonchev–Trinajstić information content (AvgIpc) is 2.71. The number of likely N-dealkylation sites (N-methyl/N-ethyl adjacent to an activating group) is 2. The summed E-state index contributed by atoms with van der Waals surface area (Å²) < 4.78 is 7.45. The Morgan fingerprint density at radius 1 is 1.27 bits per heavy atom. The Kier molecular flexibility index (Phi) is 5.62. The van der Waals surface area contributed by atoms with E-state index in [1.807, 2.05) is 59.5 Å². The molecule has 1 aromatic heterocycles. The highest BCUT2D eigenvalue weighted by Crippen LogP contribution is 2.18. The molecule has 0 radical (unpaired) electrons. The maximum Gasteiger partial charge on any atom is 0.410 e. The van der Waals surface area contributed by atoms with Crippen LogP contribution >= 0.6 is 0 Å². The number of aryl methyl sites for hydroxylation is 1. The molecule has 0 aliphatic heterocycles. The predicted molar refractivity (Wildman–Crippen MR) is 87.6 cm³/mol. The van der Waals surface area contributed by atoms with Crippen molar-refractivity contribution >= 4 is 6.09 Å². The van der Waals surface area contributed by atoms with Crippen LogP contribution in [0, 0.1) is 0 Å². The smallest absolute Gasteiger partial charge is 0.410 e. The minimum atomic E-state index is -0.486. The van der Waals surface area contributed by atoms with Gasteiger partial charge in [-0.15, -0.1) is 0 Å². The molecule has 6 nitrogen and oxygen atoms in total. The van der Waals surface area contributed by atoms with Crippen molar-refractivity contribution in [1.82, 2.24) is 19.4 Å². The van der Waals surface area contributed by atoms with E-state index in [0.717, 1.165) is 18.9 Å². The number of carbonyl (C=O) groups is 1. The van der Waals surface area contributed by atoms with E-state index >= 15 is 0 Å². The average molecular weight is 310 g/mol. The lowest BCUT2D eigenvalue weighted by molar-refractivity contribution is 0.00559. The molecule has 126 valence electrons. The van der Waals surface area contributed by atoms with Gasteiger partial charge in [0.25, 0.3) is 0 Å². The number of carbonyl (C=O) groups excluding carboxylic acids is 1. The first-order valence-corrected chi connectivity index (χ1v) is 7.54. The number of rotatable bonds is 5. The minimum absolute atomic E-state index is 0.303. The molecule has 1 aromatic rings. The topological polar surface area (TPSA) is 50.6 Å². The molecule has 22 heavy (non-hydrogen) atoms. The number of aromatic nitrogens is 2. The van der Waals surface area contributed by atoms with E-state index in [9.17, 15) is 4.79 Å². The van der Waals surface area contributed by atoms with Gasteiger partial charge in [-0.1, -0.05) is 0 Å². The van der Waals surface area contributed by atoms with Gasteiger partial charge in [-0.05, 0) is 41.7 Å². The molecule has 0 saturated carbocycles. The number of imidazole rings is 1. The second-order valence-electron chi connectivity index (χ2n) is 7.48. The molecule has 0 saturated heterocycles. The summed E-state index contributed by atoms with van der Waals surface area (Å²) in [5.74, 6) is 0.998. The van der Waals surface area contributed by atoms with Gasteiger partial charge in [-0.2, -0.15) is 0 Å². The van der Waals surface area contributed by atoms with Crippen molar-refractivity contribution in [2.24, 2.45) is 7.05 Å². The second-order valence-corrected chi connectivity index (χ2v) is 7.48. The largest absolute Gasteiger partial charge is 0.444 e. The summed E-state index contributed by atoms with van der Waals surface area (Å²) in [6.07, 6.45) is 3.42. The van der Waals surface area contributed by atoms with Crippen LogP contribution in [0.4, 0.5) is 4.79 Å². The van der Waals surface area contributed by atoms with Crippen molar-refractivity contribution < 1.29 is 9.53 Å². The molecule has 0 aromatic carbocycles. The SMILES string of the molecule is CN(Cc1nccn1C)CC(C)(C)N(C)C(=O)OC(C)(C)C. The number of nitrogens with zero attached hydrogens (tertiary/aromatic N) is 4. The van der Waals surface area contributed by atoms with Gasteiger partial charge in [0.15, 0.2) is 0 Å². The Balaban J connectivity index is 2.65. The third-order valence-corrected chi connectivity index (χ3v) is 3.56. The zero-order valence-electron chi connectivity index (χ0n) is 15.2. The van der Waals surface area contributed by atoms with Gasteiger partial charge in [0.05, 0.1) is 12.1 Å². The van der Waals surface area contributed by atoms with Crippen molar-refractivity contribution in [3.63, 3.8) is 0 Å². The molecule has 1 heterocycles. The highest BCUT2D eigenvalue weighted by Gasteiger charge is 2.32. The zero-order valence-corrected chi connectivity index (χ0v) is 15.2. The number of hydrogen-bond acceptors (Lipinski definition) is 4. The van der Waals surface area contributed by atoms with Crippen LogP contribution in [0.15, 0.2) is 12.4 Å². The lowest BCUT2D eigenvalue weighted by Crippen LogP contribution is -2.52. The van der Waals surface area contributed by atoms with Crippen LogP contribution < -0.4 is 0 Å². The summed E-state index contributed by atoms with van der Waals surface area (Å²) in [6.45, 7) is 11.1. The first kappa shape index (κ1) is 18.5. The summed E-state index contributed by atoms with van der Waals surface area (Å²) in [5, 5.41) is 0. The lowest BCUT2D eigenvalue weighted by Gasteiger charge is -2.39. The zero-order chi connectivity index (χ0) is 17.1. The van der Waals surface area contributed by atoms with Gasteiger partial charge < -0.3 is 14.2 Å². The van der Waals surface area contributed by atoms with Crippen LogP contribution in [0.2, 0.25) is 0 Å². The molecule has 1 amide bonds. The molecule has 0 aliphatic rings. The van der Waals surface area contributed by atoms with E-state index in [4.69, 9.17) is 4.74 Å². The standard InChI is InChI=1S/C16H30N4O2/c1-15(2,3)22-14(21)20(8)16(4,5)12-18(6)11-13-17-9-10-19(13)7/h9-10H,11-12H2,1-8H3. The molecule has 0 N–H and O–H groups in total. The molecule has 0 spiro atoms. The summed E-state index contributed by atoms with van der Waals surface area (Å²) in [6, 6.07) is 0. The van der Waals surface area contributed by atoms with Gasteiger partial charge in [0, 0.05) is 33.0 Å². The van der Waals surface area contributed by atoms with Crippen LogP contribution in [0.1, 0.15) is 40.4 Å². The van der Waals surface area contributed by atoms with Crippen LogP contribution in [-0.4, -0.2) is 57.2 Å². The van der Waals surface area contributed by atoms with Crippen LogP contribution in [0.3, 0.4) is 0 Å². The van der Waals surface area contributed by atoms with Gasteiger partial charge in [-0.25, -0.2) is 9.78 Å². The van der Waals surface area contributed by atoms with Crippen molar-refractivity contribution in [3.05, 3.63) is 18.2 Å². The lowest BCUT2D eigenvalue weighted by atomic mass is 10.0. The molecule has 0 bridgehead atoms. The van der Waals surface area contributed by atoms with E-state index in [2.05, 4.69) is 9.88 Å². The van der Waals surface area contributed by atoms with Crippen LogP contribution in [-0.2, 0) is 18.3 Å². The number of amides is 1. The highest BCUT2D eigenvalue weighted by atomic mass is 16.6. The second kappa shape index (κ2) is 6.69. The van der Waals surface area contributed by atoms with E-state index < -0.39 is 5.60 Å². The molecule has 1 rings (SSSR count). The first-order valence-electron chi connectivity index (χ1n) is 7.54. The summed E-state index contributed by atoms with van der Waals surface area (Å²) in [5.41, 5.74) is -0.831. The van der Waals surface area contributed by atoms with Crippen LogP contribution in [0.25, 0.3) is 0 Å². The quantitative estimate of drug-likeness (QED) is 0.838. The molecule has 6 heteroatoms. The van der Waals surface area contributed by atoms with E-state index in [1.165, 1.54) is 0 Å². The van der Waals surface area contributed by atoms with Crippen molar-refractivity contribution in [2.45, 2.75) is 52.3 Å². The molecular weight excluding hydrogens is 280 g/mol. The summed E-state index contributed by atoms with van der Waals surface area (Å²) in [7, 11) is 5.79. The minimum Gasteiger partial charge on any atom is -0.444 e. The molecule has 0 fully saturated rings. The Morgan fingerprint density at radius 2 is 1.86 bits per heavy atom. The van der Waals surface area contributed by atoms with Crippen molar-refractivity contribution in [3.8, 4) is 0 Å². The van der Waals surface area contributed by atoms with Crippen molar-refractivity contribution in [1.29, 1.82) is 0 Å². The predicted octanol–water partition coefficient (Wildman–Crippen LogP) is 2.50. The Hall–Kier alpha value is -1.56.